The number of anilines is 1. The first-order valence-electron chi connectivity index (χ1n) is 9.36. The van der Waals surface area contributed by atoms with Gasteiger partial charge in [0.1, 0.15) is 17.8 Å². The van der Waals surface area contributed by atoms with Gasteiger partial charge in [0.15, 0.2) is 10.8 Å². The second-order valence-electron chi connectivity index (χ2n) is 6.68. The zero-order valence-electron chi connectivity index (χ0n) is 15.8. The lowest BCUT2D eigenvalue weighted by molar-refractivity contribution is -0.121. The maximum absolute atomic E-state index is 13.2. The van der Waals surface area contributed by atoms with E-state index in [1.807, 2.05) is 31.2 Å². The molecule has 2 aromatic heterocycles. The Morgan fingerprint density at radius 1 is 1.29 bits per heavy atom. The summed E-state index contributed by atoms with van der Waals surface area (Å²) in [5, 5.41) is 0.912. The minimum absolute atomic E-state index is 0.116. The lowest BCUT2D eigenvalue weighted by atomic mass is 10.0. The van der Waals surface area contributed by atoms with E-state index in [2.05, 4.69) is 15.0 Å². The number of hydrogen-bond donors (Lipinski definition) is 0. The van der Waals surface area contributed by atoms with E-state index in [-0.39, 0.29) is 11.5 Å². The number of amides is 1. The summed E-state index contributed by atoms with van der Waals surface area (Å²) in [7, 11) is 0. The topological polar surface area (TPSA) is 81.0 Å². The molecule has 7 nitrogen and oxygen atoms in total. The van der Waals surface area contributed by atoms with Crippen LogP contribution in [0.2, 0.25) is 0 Å². The Bertz CT molecular complexity index is 1100. The fraction of sp³-hybridized carbons (Fsp3) is 0.350. The summed E-state index contributed by atoms with van der Waals surface area (Å²) in [6.45, 7) is 4.39. The molecule has 4 rings (SSSR count). The van der Waals surface area contributed by atoms with Crippen LogP contribution in [0.15, 0.2) is 46.7 Å². The molecular formula is C20H21N5O2S. The third kappa shape index (κ3) is 3.28. The van der Waals surface area contributed by atoms with E-state index < -0.39 is 6.04 Å². The number of aryl methyl sites for hydroxylation is 1. The largest absolute Gasteiger partial charge is 0.310 e. The number of hydrogen-bond acceptors (Lipinski definition) is 6. The van der Waals surface area contributed by atoms with Crippen molar-refractivity contribution in [2.45, 2.75) is 37.9 Å². The van der Waals surface area contributed by atoms with Gasteiger partial charge in [-0.25, -0.2) is 15.0 Å². The molecule has 1 amide bonds. The summed E-state index contributed by atoms with van der Waals surface area (Å²) >= 11 is 1.49. The number of rotatable bonds is 4. The van der Waals surface area contributed by atoms with Crippen molar-refractivity contribution in [2.24, 2.45) is 0 Å². The van der Waals surface area contributed by atoms with Crippen LogP contribution in [-0.4, -0.2) is 37.7 Å². The Balaban J connectivity index is 1.68. The van der Waals surface area contributed by atoms with E-state index in [1.54, 1.807) is 11.8 Å². The highest BCUT2D eigenvalue weighted by Gasteiger charge is 2.28. The third-order valence-electron chi connectivity index (χ3n) is 4.94. The molecule has 144 valence electrons. The lowest BCUT2D eigenvalue weighted by Crippen LogP contribution is -2.42. The molecule has 1 aliphatic rings. The molecule has 0 N–H and O–H groups in total. The molecule has 0 saturated carbocycles. The van der Waals surface area contributed by atoms with Crippen LogP contribution in [0.5, 0.6) is 0 Å². The number of fused-ring (bicyclic) bond motifs is 2. The van der Waals surface area contributed by atoms with Gasteiger partial charge in [0.25, 0.3) is 5.56 Å². The smallest absolute Gasteiger partial charge is 0.265 e. The number of nitrogens with zero attached hydrogens (tertiary/aromatic N) is 5. The molecule has 28 heavy (non-hydrogen) atoms. The molecule has 1 atom stereocenters. The summed E-state index contributed by atoms with van der Waals surface area (Å²) < 4.78 is 1.37. The second kappa shape index (κ2) is 7.71. The highest BCUT2D eigenvalue weighted by molar-refractivity contribution is 7.99. The Hall–Kier alpha value is -2.74. The Morgan fingerprint density at radius 3 is 2.93 bits per heavy atom. The molecule has 0 aliphatic carbocycles. The average molecular weight is 395 g/mol. The Kier molecular flexibility index (Phi) is 5.13. The first-order valence-corrected chi connectivity index (χ1v) is 10.3. The van der Waals surface area contributed by atoms with Crippen molar-refractivity contribution in [2.75, 3.05) is 17.2 Å². The van der Waals surface area contributed by atoms with Crippen molar-refractivity contribution in [1.82, 2.24) is 19.5 Å². The van der Waals surface area contributed by atoms with E-state index >= 15 is 0 Å². The monoisotopic (exact) mass is 395 g/mol. The summed E-state index contributed by atoms with van der Waals surface area (Å²) in [4.78, 5) is 40.8. The first-order chi connectivity index (χ1) is 13.6. The average Bonchev–Trinajstić information content (AvgIpc) is 2.73. The van der Waals surface area contributed by atoms with Gasteiger partial charge in [-0.05, 0) is 37.1 Å². The Morgan fingerprint density at radius 2 is 2.11 bits per heavy atom. The summed E-state index contributed by atoms with van der Waals surface area (Å²) in [5.41, 5.74) is 2.14. The predicted octanol–water partition coefficient (Wildman–Crippen LogP) is 2.84. The molecule has 1 aliphatic heterocycles. The first kappa shape index (κ1) is 18.6. The molecule has 0 bridgehead atoms. The van der Waals surface area contributed by atoms with E-state index in [1.165, 1.54) is 28.9 Å². The van der Waals surface area contributed by atoms with Crippen molar-refractivity contribution in [3.8, 4) is 0 Å². The molecule has 0 saturated heterocycles. The van der Waals surface area contributed by atoms with Crippen LogP contribution in [0.25, 0.3) is 11.0 Å². The van der Waals surface area contributed by atoms with Crippen LogP contribution >= 0.6 is 11.8 Å². The normalized spacial score (nSPS) is 14.7. The molecule has 1 aromatic carbocycles. The maximum atomic E-state index is 13.2. The van der Waals surface area contributed by atoms with Gasteiger partial charge in [0, 0.05) is 18.4 Å². The summed E-state index contributed by atoms with van der Waals surface area (Å²) in [6, 6.07) is 7.26. The van der Waals surface area contributed by atoms with Crippen molar-refractivity contribution in [1.29, 1.82) is 0 Å². The minimum atomic E-state index is -0.666. The number of aromatic nitrogens is 4. The van der Waals surface area contributed by atoms with Crippen molar-refractivity contribution < 1.29 is 4.79 Å². The molecule has 3 heterocycles. The van der Waals surface area contributed by atoms with Crippen LogP contribution in [0.4, 0.5) is 5.69 Å². The van der Waals surface area contributed by atoms with Gasteiger partial charge in [-0.1, -0.05) is 36.9 Å². The van der Waals surface area contributed by atoms with Gasteiger partial charge in [-0.3, -0.25) is 14.2 Å². The number of para-hydroxylation sites is 1. The van der Waals surface area contributed by atoms with Crippen molar-refractivity contribution >= 4 is 34.4 Å². The lowest BCUT2D eigenvalue weighted by Gasteiger charge is -2.31. The summed E-state index contributed by atoms with van der Waals surface area (Å²) in [5.74, 6) is 0.722. The van der Waals surface area contributed by atoms with Crippen molar-refractivity contribution in [3.63, 3.8) is 0 Å². The van der Waals surface area contributed by atoms with Crippen LogP contribution in [0.1, 0.15) is 31.9 Å². The third-order valence-corrected chi connectivity index (χ3v) is 5.68. The van der Waals surface area contributed by atoms with E-state index in [9.17, 15) is 9.59 Å². The van der Waals surface area contributed by atoms with Gasteiger partial charge in [-0.2, -0.15) is 0 Å². The quantitative estimate of drug-likeness (QED) is 0.499. The van der Waals surface area contributed by atoms with Crippen LogP contribution in [0, 0.1) is 0 Å². The van der Waals surface area contributed by atoms with Gasteiger partial charge in [0.05, 0.1) is 0 Å². The van der Waals surface area contributed by atoms with Crippen LogP contribution in [-0.2, 0) is 11.2 Å². The van der Waals surface area contributed by atoms with Crippen LogP contribution in [0.3, 0.4) is 0 Å². The molecule has 0 radical (unpaired) electrons. The fourth-order valence-electron chi connectivity index (χ4n) is 3.50. The van der Waals surface area contributed by atoms with Crippen LogP contribution < -0.4 is 10.5 Å². The van der Waals surface area contributed by atoms with Gasteiger partial charge in [-0.15, -0.1) is 0 Å². The maximum Gasteiger partial charge on any atom is 0.265 e. The molecule has 3 aromatic rings. The van der Waals surface area contributed by atoms with Crippen molar-refractivity contribution in [3.05, 3.63) is 52.7 Å². The van der Waals surface area contributed by atoms with E-state index in [0.29, 0.717) is 22.7 Å². The van der Waals surface area contributed by atoms with Gasteiger partial charge in [0.2, 0.25) is 5.91 Å². The van der Waals surface area contributed by atoms with E-state index in [0.717, 1.165) is 29.8 Å². The number of carbonyl (C=O) groups is 1. The number of carbonyl (C=O) groups excluding carboxylic acids is 1. The van der Waals surface area contributed by atoms with Gasteiger partial charge >= 0.3 is 0 Å². The molecular weight excluding hydrogens is 374 g/mol. The Labute approximate surface area is 166 Å². The zero-order valence-corrected chi connectivity index (χ0v) is 16.6. The number of benzene rings is 1. The standard InChI is InChI=1S/C20H21N5O2S/c1-3-28-20-21-11-15-17(23-20)22-12-25(19(15)27)13(2)18(26)24-10-6-8-14-7-4-5-9-16(14)24/h4-5,7,9,11-13H,3,6,8,10H2,1-2H3/t13-/m1/s1. The zero-order chi connectivity index (χ0) is 19.7. The predicted molar refractivity (Wildman–Crippen MR) is 110 cm³/mol. The highest BCUT2D eigenvalue weighted by Crippen LogP contribution is 2.28. The minimum Gasteiger partial charge on any atom is -0.310 e. The highest BCUT2D eigenvalue weighted by atomic mass is 32.2. The van der Waals surface area contributed by atoms with E-state index in [4.69, 9.17) is 0 Å². The second-order valence-corrected chi connectivity index (χ2v) is 7.91. The molecule has 0 unspecified atom stereocenters. The molecule has 0 spiro atoms. The van der Waals surface area contributed by atoms with Gasteiger partial charge < -0.3 is 4.90 Å². The SMILES string of the molecule is CCSc1ncc2c(=O)n([C@H](C)C(=O)N3CCCc4ccccc43)cnc2n1. The molecule has 0 fully saturated rings. The summed E-state index contributed by atoms with van der Waals surface area (Å²) in [6.07, 6.45) is 4.78. The number of thioether (sulfide) groups is 1. The molecule has 8 heteroatoms. The fourth-order valence-corrected chi connectivity index (χ4v) is 4.03.